The van der Waals surface area contributed by atoms with E-state index in [0.717, 1.165) is 21.3 Å². The van der Waals surface area contributed by atoms with Crippen molar-refractivity contribution in [1.29, 1.82) is 0 Å². The van der Waals surface area contributed by atoms with E-state index >= 15 is 0 Å². The van der Waals surface area contributed by atoms with Gasteiger partial charge < -0.3 is 4.74 Å². The number of ether oxygens (including phenoxy) is 1. The summed E-state index contributed by atoms with van der Waals surface area (Å²) in [4.78, 5) is 13.5. The van der Waals surface area contributed by atoms with Gasteiger partial charge in [0.25, 0.3) is 0 Å². The van der Waals surface area contributed by atoms with Crippen LogP contribution in [0.4, 0.5) is 0 Å². The van der Waals surface area contributed by atoms with Crippen molar-refractivity contribution in [1.82, 2.24) is 9.84 Å². The van der Waals surface area contributed by atoms with E-state index in [2.05, 4.69) is 0 Å². The first kappa shape index (κ1) is 17.4. The van der Waals surface area contributed by atoms with Gasteiger partial charge in [-0.2, -0.15) is 8.42 Å². The molecule has 0 unspecified atom stereocenters. The number of nitrogens with zero attached hydrogens (tertiary/aromatic N) is 1. The number of esters is 1. The quantitative estimate of drug-likeness (QED) is 0.451. The molecular formula is C15H18N2O5S. The molecule has 0 aliphatic carbocycles. The lowest BCUT2D eigenvalue weighted by molar-refractivity contribution is -0.144. The molecule has 0 atom stereocenters. The third kappa shape index (κ3) is 5.29. The van der Waals surface area contributed by atoms with Crippen LogP contribution in [-0.2, 0) is 26.4 Å². The molecule has 2 rings (SSSR count). The third-order valence-corrected chi connectivity index (χ3v) is 3.60. The fourth-order valence-corrected chi connectivity index (χ4v) is 2.74. The summed E-state index contributed by atoms with van der Waals surface area (Å²) in [5, 5.41) is 3.02. The fourth-order valence-electron chi connectivity index (χ4n) is 2.28. The van der Waals surface area contributed by atoms with Crippen LogP contribution in [-0.4, -0.2) is 37.1 Å². The van der Waals surface area contributed by atoms with Gasteiger partial charge in [-0.1, -0.05) is 42.5 Å². The molecule has 0 saturated heterocycles. The number of benzene rings is 2. The van der Waals surface area contributed by atoms with Crippen molar-refractivity contribution in [3.63, 3.8) is 0 Å². The molecule has 2 aromatic rings. The maximum Gasteiger partial charge on any atom is 0.346 e. The lowest BCUT2D eigenvalue weighted by Crippen LogP contribution is -2.44. The molecule has 124 valence electrons. The van der Waals surface area contributed by atoms with Crippen molar-refractivity contribution in [2.24, 2.45) is 0 Å². The monoisotopic (exact) mass is 338 g/mol. The van der Waals surface area contributed by atoms with E-state index < -0.39 is 16.3 Å². The minimum atomic E-state index is -4.49. The van der Waals surface area contributed by atoms with Crippen LogP contribution in [0.3, 0.4) is 0 Å². The first-order valence-corrected chi connectivity index (χ1v) is 8.45. The van der Waals surface area contributed by atoms with E-state index in [1.165, 1.54) is 0 Å². The molecule has 23 heavy (non-hydrogen) atoms. The smallest absolute Gasteiger partial charge is 0.346 e. The molecule has 0 amide bonds. The van der Waals surface area contributed by atoms with Crippen molar-refractivity contribution < 1.29 is 22.5 Å². The Labute approximate surface area is 134 Å². The first-order valence-electron chi connectivity index (χ1n) is 7.01. The maximum atomic E-state index is 11.6. The summed E-state index contributed by atoms with van der Waals surface area (Å²) in [6.45, 7) is 1.62. The molecule has 0 bridgehead atoms. The predicted molar refractivity (Wildman–Crippen MR) is 85.7 cm³/mol. The molecular weight excluding hydrogens is 320 g/mol. The van der Waals surface area contributed by atoms with Crippen molar-refractivity contribution in [3.8, 4) is 0 Å². The third-order valence-electron chi connectivity index (χ3n) is 3.11. The Morgan fingerprint density at radius 3 is 2.61 bits per heavy atom. The highest BCUT2D eigenvalue weighted by molar-refractivity contribution is 7.83. The second kappa shape index (κ2) is 7.51. The number of nitrogens with one attached hydrogen (secondary N) is 1. The second-order valence-corrected chi connectivity index (χ2v) is 6.00. The van der Waals surface area contributed by atoms with E-state index in [9.17, 15) is 13.2 Å². The number of carbonyl (C=O) groups excluding carboxylic acids is 1. The van der Waals surface area contributed by atoms with Crippen molar-refractivity contribution in [2.75, 3.05) is 13.2 Å². The van der Waals surface area contributed by atoms with Gasteiger partial charge in [-0.05, 0) is 23.3 Å². The molecule has 0 saturated carbocycles. The number of hydrogen-bond donors (Lipinski definition) is 2. The first-order chi connectivity index (χ1) is 10.9. The summed E-state index contributed by atoms with van der Waals surface area (Å²) >= 11 is 0. The molecule has 0 aliphatic heterocycles. The molecule has 0 fully saturated rings. The van der Waals surface area contributed by atoms with Gasteiger partial charge in [0.1, 0.15) is 6.54 Å². The van der Waals surface area contributed by atoms with Crippen LogP contribution in [0, 0.1) is 0 Å². The molecule has 2 aromatic carbocycles. The van der Waals surface area contributed by atoms with Gasteiger partial charge in [0.15, 0.2) is 0 Å². The lowest BCUT2D eigenvalue weighted by Gasteiger charge is -2.21. The largest absolute Gasteiger partial charge is 0.465 e. The Balaban J connectivity index is 2.26. The molecule has 0 aromatic heterocycles. The molecule has 2 N–H and O–H groups in total. The van der Waals surface area contributed by atoms with E-state index in [4.69, 9.17) is 9.29 Å². The number of rotatable bonds is 7. The van der Waals surface area contributed by atoms with Crippen LogP contribution in [0.5, 0.6) is 0 Å². The highest BCUT2D eigenvalue weighted by Crippen LogP contribution is 2.19. The van der Waals surface area contributed by atoms with Gasteiger partial charge in [-0.25, -0.2) is 5.01 Å². The van der Waals surface area contributed by atoms with E-state index in [1.807, 2.05) is 47.3 Å². The molecule has 8 heteroatoms. The van der Waals surface area contributed by atoms with Gasteiger partial charge in [-0.3, -0.25) is 9.35 Å². The predicted octanol–water partition coefficient (Wildman–Crippen LogP) is 1.51. The number of fused-ring (bicyclic) bond motifs is 1. The van der Waals surface area contributed by atoms with Crippen molar-refractivity contribution in [2.45, 2.75) is 13.5 Å². The summed E-state index contributed by atoms with van der Waals surface area (Å²) in [5.41, 5.74) is 0.809. The summed E-state index contributed by atoms with van der Waals surface area (Å²) < 4.78 is 36.0. The fraction of sp³-hybridized carbons (Fsp3) is 0.267. The molecule has 0 spiro atoms. The number of carbonyl (C=O) groups is 1. The van der Waals surface area contributed by atoms with Gasteiger partial charge in [0, 0.05) is 6.54 Å². The molecule has 7 nitrogen and oxygen atoms in total. The van der Waals surface area contributed by atoms with Crippen LogP contribution < -0.4 is 4.83 Å². The Morgan fingerprint density at radius 2 is 1.91 bits per heavy atom. The van der Waals surface area contributed by atoms with E-state index in [0.29, 0.717) is 0 Å². The Kier molecular flexibility index (Phi) is 5.67. The zero-order valence-corrected chi connectivity index (χ0v) is 13.4. The second-order valence-electron chi connectivity index (χ2n) is 4.87. The zero-order valence-electron chi connectivity index (χ0n) is 12.6. The Bertz CT molecular complexity index is 786. The van der Waals surface area contributed by atoms with Crippen LogP contribution >= 0.6 is 0 Å². The summed E-state index contributed by atoms with van der Waals surface area (Å²) in [6.07, 6.45) is 0. The van der Waals surface area contributed by atoms with Crippen LogP contribution in [0.2, 0.25) is 0 Å². The minimum absolute atomic E-state index is 0.0972. The summed E-state index contributed by atoms with van der Waals surface area (Å²) in [5.74, 6) is -0.594. The summed E-state index contributed by atoms with van der Waals surface area (Å²) in [7, 11) is -4.49. The molecule has 0 radical (unpaired) electrons. The van der Waals surface area contributed by atoms with Crippen LogP contribution in [0.25, 0.3) is 10.8 Å². The molecule has 0 aliphatic rings. The standard InChI is InChI=1S/C15H18N2O5S/c1-2-22-15(18)11-17(16-23(19,20)21)10-13-8-5-7-12-6-3-4-9-14(12)13/h3-9,16H,2,10-11H2,1H3,(H,19,20,21). The average molecular weight is 338 g/mol. The zero-order chi connectivity index (χ0) is 16.9. The van der Waals surface area contributed by atoms with Crippen LogP contribution in [0.15, 0.2) is 42.5 Å². The van der Waals surface area contributed by atoms with Gasteiger partial charge in [-0.15, -0.1) is 4.83 Å². The SMILES string of the molecule is CCOC(=O)CN(Cc1cccc2ccccc12)NS(=O)(=O)O. The van der Waals surface area contributed by atoms with Gasteiger partial charge in [0.2, 0.25) is 0 Å². The number of hydrogen-bond acceptors (Lipinski definition) is 5. The average Bonchev–Trinajstić information content (AvgIpc) is 2.46. The Morgan fingerprint density at radius 1 is 1.22 bits per heavy atom. The minimum Gasteiger partial charge on any atom is -0.465 e. The van der Waals surface area contributed by atoms with Crippen LogP contribution in [0.1, 0.15) is 12.5 Å². The van der Waals surface area contributed by atoms with Crippen molar-refractivity contribution in [3.05, 3.63) is 48.0 Å². The normalized spacial score (nSPS) is 11.8. The maximum absolute atomic E-state index is 11.6. The number of hydrazine groups is 1. The van der Waals surface area contributed by atoms with E-state index in [-0.39, 0.29) is 19.7 Å². The van der Waals surface area contributed by atoms with Gasteiger partial charge in [0.05, 0.1) is 6.61 Å². The van der Waals surface area contributed by atoms with E-state index in [1.54, 1.807) is 6.92 Å². The highest BCUT2D eigenvalue weighted by atomic mass is 32.2. The lowest BCUT2D eigenvalue weighted by atomic mass is 10.0. The molecule has 0 heterocycles. The summed E-state index contributed by atoms with van der Waals surface area (Å²) in [6, 6.07) is 13.2. The Hall–Kier alpha value is -2.00. The highest BCUT2D eigenvalue weighted by Gasteiger charge is 2.18. The van der Waals surface area contributed by atoms with Crippen molar-refractivity contribution >= 4 is 27.0 Å². The topological polar surface area (TPSA) is 95.9 Å². The van der Waals surface area contributed by atoms with Gasteiger partial charge >= 0.3 is 16.3 Å².